The first-order chi connectivity index (χ1) is 9.65. The van der Waals surface area contributed by atoms with E-state index in [0.29, 0.717) is 6.54 Å². The average molecular weight is 342 g/mol. The minimum Gasteiger partial charge on any atom is -0.316 e. The van der Waals surface area contributed by atoms with Gasteiger partial charge in [-0.3, -0.25) is 0 Å². The summed E-state index contributed by atoms with van der Waals surface area (Å²) >= 11 is -0.254. The number of alkyl halides is 3. The van der Waals surface area contributed by atoms with Gasteiger partial charge < -0.3 is 5.32 Å². The van der Waals surface area contributed by atoms with Gasteiger partial charge in [-0.15, -0.1) is 0 Å². The quantitative estimate of drug-likeness (QED) is 0.746. The van der Waals surface area contributed by atoms with Gasteiger partial charge in [0, 0.05) is 18.8 Å². The number of thioether (sulfide) groups is 1. The summed E-state index contributed by atoms with van der Waals surface area (Å²) in [4.78, 5) is 0.0513. The molecule has 0 aliphatic rings. The summed E-state index contributed by atoms with van der Waals surface area (Å²) in [6.45, 7) is 2.09. The molecular weight excluding hydrogens is 325 g/mol. The van der Waals surface area contributed by atoms with E-state index in [9.17, 15) is 21.6 Å². The highest BCUT2D eigenvalue weighted by molar-refractivity contribution is 8.00. The van der Waals surface area contributed by atoms with E-state index in [1.54, 1.807) is 13.1 Å². The van der Waals surface area contributed by atoms with Crippen LogP contribution in [0, 0.1) is 6.92 Å². The Morgan fingerprint density at radius 2 is 1.95 bits per heavy atom. The van der Waals surface area contributed by atoms with Gasteiger partial charge in [0.15, 0.2) is 0 Å². The number of aryl methyl sites for hydroxylation is 1. The van der Waals surface area contributed by atoms with E-state index in [-0.39, 0.29) is 29.0 Å². The number of rotatable bonds is 7. The van der Waals surface area contributed by atoms with E-state index in [4.69, 9.17) is 0 Å². The summed E-state index contributed by atoms with van der Waals surface area (Å²) in [6.07, 6.45) is 0. The topological polar surface area (TPSA) is 58.2 Å². The van der Waals surface area contributed by atoms with Crippen molar-refractivity contribution in [3.05, 3.63) is 29.3 Å². The van der Waals surface area contributed by atoms with Gasteiger partial charge in [-0.25, -0.2) is 13.1 Å². The number of hydrogen-bond acceptors (Lipinski definition) is 4. The van der Waals surface area contributed by atoms with Crippen LogP contribution < -0.4 is 10.0 Å². The molecule has 0 aromatic heterocycles. The van der Waals surface area contributed by atoms with Crippen LogP contribution in [-0.4, -0.2) is 33.3 Å². The van der Waals surface area contributed by atoms with Gasteiger partial charge in [-0.05, 0) is 49.0 Å². The molecule has 0 saturated heterocycles. The van der Waals surface area contributed by atoms with Crippen LogP contribution in [0.3, 0.4) is 0 Å². The minimum absolute atomic E-state index is 0.0513. The molecule has 0 atom stereocenters. The van der Waals surface area contributed by atoms with Gasteiger partial charge in [0.05, 0.1) is 4.90 Å². The Balaban J connectivity index is 2.72. The molecule has 0 aliphatic carbocycles. The maximum absolute atomic E-state index is 12.0. The molecule has 0 amide bonds. The molecule has 0 saturated carbocycles. The smallest absolute Gasteiger partial charge is 0.316 e. The summed E-state index contributed by atoms with van der Waals surface area (Å²) < 4.78 is 62.1. The number of nitrogens with one attached hydrogen (secondary N) is 2. The van der Waals surface area contributed by atoms with Crippen molar-refractivity contribution < 1.29 is 21.6 Å². The molecular formula is C12H17F3N2O2S2. The van der Waals surface area contributed by atoms with Gasteiger partial charge >= 0.3 is 5.51 Å². The molecule has 0 radical (unpaired) electrons. The molecule has 0 unspecified atom stereocenters. The molecule has 0 spiro atoms. The van der Waals surface area contributed by atoms with E-state index in [1.165, 1.54) is 12.1 Å². The second kappa shape index (κ2) is 7.48. The lowest BCUT2D eigenvalue weighted by Gasteiger charge is -2.11. The van der Waals surface area contributed by atoms with Crippen molar-refractivity contribution in [1.29, 1.82) is 0 Å². The van der Waals surface area contributed by atoms with Crippen molar-refractivity contribution in [3.63, 3.8) is 0 Å². The lowest BCUT2D eigenvalue weighted by Crippen LogP contribution is -2.27. The van der Waals surface area contributed by atoms with Crippen molar-refractivity contribution in [2.45, 2.75) is 23.9 Å². The zero-order valence-electron chi connectivity index (χ0n) is 11.6. The first kappa shape index (κ1) is 18.3. The highest BCUT2D eigenvalue weighted by atomic mass is 32.2. The van der Waals surface area contributed by atoms with Gasteiger partial charge in [0.25, 0.3) is 0 Å². The van der Waals surface area contributed by atoms with Crippen LogP contribution in [0.5, 0.6) is 0 Å². The molecule has 1 aromatic carbocycles. The summed E-state index contributed by atoms with van der Waals surface area (Å²) in [5.74, 6) is -0.363. The van der Waals surface area contributed by atoms with E-state index in [0.717, 1.165) is 11.1 Å². The summed E-state index contributed by atoms with van der Waals surface area (Å²) in [5.41, 5.74) is -2.59. The van der Waals surface area contributed by atoms with Crippen molar-refractivity contribution in [1.82, 2.24) is 10.0 Å². The minimum atomic E-state index is -4.35. The van der Waals surface area contributed by atoms with Crippen LogP contribution >= 0.6 is 11.8 Å². The van der Waals surface area contributed by atoms with Crippen LogP contribution in [0.25, 0.3) is 0 Å². The SMILES string of the molecule is CNCc1cc(S(=O)(=O)NCCSC(F)(F)F)ccc1C. The highest BCUT2D eigenvalue weighted by Crippen LogP contribution is 2.29. The van der Waals surface area contributed by atoms with Gasteiger partial charge in [0.2, 0.25) is 10.0 Å². The maximum atomic E-state index is 12.0. The van der Waals surface area contributed by atoms with E-state index in [1.807, 2.05) is 6.92 Å². The van der Waals surface area contributed by atoms with E-state index in [2.05, 4.69) is 10.0 Å². The van der Waals surface area contributed by atoms with Crippen molar-refractivity contribution >= 4 is 21.8 Å². The molecule has 2 N–H and O–H groups in total. The Kier molecular flexibility index (Phi) is 6.51. The fourth-order valence-electron chi connectivity index (χ4n) is 1.62. The van der Waals surface area contributed by atoms with Gasteiger partial charge in [0.1, 0.15) is 0 Å². The largest absolute Gasteiger partial charge is 0.441 e. The molecule has 0 heterocycles. The van der Waals surface area contributed by atoms with Crippen LogP contribution in [-0.2, 0) is 16.6 Å². The van der Waals surface area contributed by atoms with Crippen molar-refractivity contribution in [3.8, 4) is 0 Å². The lowest BCUT2D eigenvalue weighted by atomic mass is 10.1. The first-order valence-corrected chi connectivity index (χ1v) is 8.57. The van der Waals surface area contributed by atoms with Crippen molar-refractivity contribution in [2.75, 3.05) is 19.3 Å². The van der Waals surface area contributed by atoms with Crippen LogP contribution in [0.4, 0.5) is 13.2 Å². The Hall–Kier alpha value is -0.770. The normalized spacial score (nSPS) is 12.6. The number of hydrogen-bond donors (Lipinski definition) is 2. The second-order valence-corrected chi connectivity index (χ2v) is 7.24. The number of benzene rings is 1. The molecule has 120 valence electrons. The predicted molar refractivity (Wildman–Crippen MR) is 77.6 cm³/mol. The van der Waals surface area contributed by atoms with Crippen LogP contribution in [0.15, 0.2) is 23.1 Å². The fraction of sp³-hybridized carbons (Fsp3) is 0.500. The second-order valence-electron chi connectivity index (χ2n) is 4.31. The lowest BCUT2D eigenvalue weighted by molar-refractivity contribution is -0.0327. The Morgan fingerprint density at radius 1 is 1.29 bits per heavy atom. The summed E-state index contributed by atoms with van der Waals surface area (Å²) in [6, 6.07) is 4.63. The van der Waals surface area contributed by atoms with E-state index >= 15 is 0 Å². The molecule has 4 nitrogen and oxygen atoms in total. The Labute approximate surface area is 126 Å². The summed E-state index contributed by atoms with van der Waals surface area (Å²) in [7, 11) is -2.05. The third kappa shape index (κ3) is 6.25. The molecule has 9 heteroatoms. The monoisotopic (exact) mass is 342 g/mol. The summed E-state index contributed by atoms with van der Waals surface area (Å²) in [5, 5.41) is 2.93. The van der Waals surface area contributed by atoms with Gasteiger partial charge in [-0.2, -0.15) is 13.2 Å². The molecule has 1 aromatic rings. The third-order valence-electron chi connectivity index (χ3n) is 2.66. The first-order valence-electron chi connectivity index (χ1n) is 6.10. The molecule has 1 rings (SSSR count). The molecule has 0 bridgehead atoms. The van der Waals surface area contributed by atoms with E-state index < -0.39 is 15.5 Å². The molecule has 21 heavy (non-hydrogen) atoms. The predicted octanol–water partition coefficient (Wildman–Crippen LogP) is 2.25. The molecule has 0 aliphatic heterocycles. The zero-order valence-corrected chi connectivity index (χ0v) is 13.3. The highest BCUT2D eigenvalue weighted by Gasteiger charge is 2.27. The molecule has 0 fully saturated rings. The van der Waals surface area contributed by atoms with Gasteiger partial charge in [-0.1, -0.05) is 6.07 Å². The fourth-order valence-corrected chi connectivity index (χ4v) is 3.27. The standard InChI is InChI=1S/C12H17F3N2O2S2/c1-9-3-4-11(7-10(9)8-16-2)21(18,19)17-5-6-20-12(13,14)15/h3-4,7,16-17H,5-6,8H2,1-2H3. The Bertz CT molecular complexity index is 574. The van der Waals surface area contributed by atoms with Crippen LogP contribution in [0.1, 0.15) is 11.1 Å². The maximum Gasteiger partial charge on any atom is 0.441 e. The number of sulfonamides is 1. The average Bonchev–Trinajstić information content (AvgIpc) is 2.36. The zero-order chi connectivity index (χ0) is 16.1. The van der Waals surface area contributed by atoms with Crippen LogP contribution in [0.2, 0.25) is 0 Å². The Morgan fingerprint density at radius 3 is 2.52 bits per heavy atom. The third-order valence-corrected chi connectivity index (χ3v) is 4.85. The van der Waals surface area contributed by atoms with Crippen molar-refractivity contribution in [2.24, 2.45) is 0 Å². The number of halogens is 3.